The van der Waals surface area contributed by atoms with Crippen molar-refractivity contribution in [2.75, 3.05) is 38.3 Å². The zero-order valence-corrected chi connectivity index (χ0v) is 36.0. The van der Waals surface area contributed by atoms with E-state index in [4.69, 9.17) is 9.47 Å². The van der Waals surface area contributed by atoms with Gasteiger partial charge in [-0.3, -0.25) is 14.4 Å². The number of nitrogens with zero attached hydrogens (tertiary/aromatic N) is 4. The molecular formula is C44H62N8O6S. The van der Waals surface area contributed by atoms with Gasteiger partial charge in [-0.2, -0.15) is 9.61 Å². The van der Waals surface area contributed by atoms with E-state index < -0.39 is 29.4 Å². The highest BCUT2D eigenvalue weighted by Crippen LogP contribution is 2.36. The monoisotopic (exact) mass is 830 g/mol. The number of ketones is 1. The van der Waals surface area contributed by atoms with Crippen molar-refractivity contribution >= 4 is 40.4 Å². The molecule has 6 atom stereocenters. The Morgan fingerprint density at radius 3 is 2.46 bits per heavy atom. The van der Waals surface area contributed by atoms with Crippen LogP contribution in [0.25, 0.3) is 16.1 Å². The van der Waals surface area contributed by atoms with E-state index in [-0.39, 0.29) is 48.9 Å². The van der Waals surface area contributed by atoms with Gasteiger partial charge in [-0.25, -0.2) is 9.97 Å². The molecule has 2 aliphatic carbocycles. The highest BCUT2D eigenvalue weighted by Gasteiger charge is 2.46. The number of Topliss-reactive ketones (excluding diaryl/α,β-unsaturated/α-hetero) is 1. The molecule has 5 N–H and O–H groups in total. The van der Waals surface area contributed by atoms with Crippen LogP contribution in [0.15, 0.2) is 48.1 Å². The summed E-state index contributed by atoms with van der Waals surface area (Å²) in [5.41, 5.74) is 6.32. The van der Waals surface area contributed by atoms with Crippen molar-refractivity contribution in [2.45, 2.75) is 117 Å². The van der Waals surface area contributed by atoms with E-state index in [1.807, 2.05) is 68.1 Å². The van der Waals surface area contributed by atoms with Crippen LogP contribution in [0.5, 0.6) is 0 Å². The maximum Gasteiger partial charge on any atom is 0.224 e. The number of benzene rings is 1. The summed E-state index contributed by atoms with van der Waals surface area (Å²) < 4.78 is 13.3. The van der Waals surface area contributed by atoms with Gasteiger partial charge in [0.1, 0.15) is 5.82 Å². The lowest BCUT2D eigenvalue weighted by atomic mass is 9.77. The molecule has 2 fully saturated rings. The Hall–Kier alpha value is -4.28. The van der Waals surface area contributed by atoms with E-state index in [0.29, 0.717) is 39.5 Å². The first-order valence-electron chi connectivity index (χ1n) is 21.2. The molecule has 1 aromatic carbocycles. The summed E-state index contributed by atoms with van der Waals surface area (Å²) in [5, 5.41) is 28.2. The number of thiazole rings is 1. The van der Waals surface area contributed by atoms with E-state index in [0.717, 1.165) is 71.0 Å². The summed E-state index contributed by atoms with van der Waals surface area (Å²) in [5.74, 6) is -0.548. The molecule has 2 saturated carbocycles. The zero-order chi connectivity index (χ0) is 41.9. The minimum atomic E-state index is -0.708. The van der Waals surface area contributed by atoms with E-state index in [1.165, 1.54) is 0 Å². The first-order chi connectivity index (χ1) is 28.4. The number of hydrogen-bond donors (Lipinski definition) is 5. The highest BCUT2D eigenvalue weighted by molar-refractivity contribution is 7.13. The molecule has 3 aromatic heterocycles. The number of aryl methyl sites for hydroxylation is 2. The van der Waals surface area contributed by atoms with Crippen LogP contribution in [0.3, 0.4) is 0 Å². The number of aromatic nitrogens is 4. The van der Waals surface area contributed by atoms with Crippen molar-refractivity contribution in [2.24, 2.45) is 17.3 Å². The molecule has 2 amide bonds. The van der Waals surface area contributed by atoms with E-state index in [1.54, 1.807) is 17.5 Å². The number of nitrogens with one attached hydrogen (secondary N) is 4. The molecule has 0 saturated heterocycles. The van der Waals surface area contributed by atoms with Gasteiger partial charge in [0.15, 0.2) is 11.4 Å². The third-order valence-corrected chi connectivity index (χ3v) is 12.3. The average molecular weight is 831 g/mol. The number of carbonyl (C=O) groups excluding carboxylic acids is 3. The molecular weight excluding hydrogens is 769 g/mol. The van der Waals surface area contributed by atoms with Gasteiger partial charge in [0.05, 0.1) is 66.8 Å². The molecule has 6 rings (SSSR count). The molecule has 0 radical (unpaired) electrons. The van der Waals surface area contributed by atoms with Gasteiger partial charge in [-0.05, 0) is 62.0 Å². The molecule has 4 aromatic rings. The molecule has 0 spiro atoms. The largest absolute Gasteiger partial charge is 0.393 e. The number of ether oxygens (including phenoxy) is 2. The number of rotatable bonds is 21. The van der Waals surface area contributed by atoms with Crippen LogP contribution in [0, 0.1) is 24.2 Å². The van der Waals surface area contributed by atoms with Gasteiger partial charge in [0, 0.05) is 55.3 Å². The van der Waals surface area contributed by atoms with Crippen LogP contribution in [-0.2, 0) is 36.8 Å². The normalized spacial score (nSPS) is 21.2. The number of carbonyl (C=O) groups is 3. The third-order valence-electron chi connectivity index (χ3n) is 11.3. The predicted molar refractivity (Wildman–Crippen MR) is 229 cm³/mol. The summed E-state index contributed by atoms with van der Waals surface area (Å²) in [6.07, 6.45) is 6.50. The minimum absolute atomic E-state index is 0.0234. The maximum atomic E-state index is 14.0. The standard InChI is InChI=1S/C44H62N8O6S/c1-6-7-31-23-38(52-37(49-31)14-16-48-52)50-32-12-13-33(22-32)51-39(54)15-18-57-20-21-58-19-17-45-42(44(3,4)5)40(55)35-24-34(53)25-36(35)43(56)46-26-29-8-10-30(11-9-29)41-28(2)47-27-59-41/h8-11,14,16,23,27,32-36,42,45,50,53H,6-7,12-13,15,17-22,24-26H2,1-5H3,(H,46,56)(H,51,54)/t32-,33-,34+,35?,36-,42-/m1/s1. The lowest BCUT2D eigenvalue weighted by Gasteiger charge is -2.33. The van der Waals surface area contributed by atoms with E-state index in [9.17, 15) is 19.5 Å². The fourth-order valence-electron chi connectivity index (χ4n) is 8.30. The second-order valence-electron chi connectivity index (χ2n) is 17.1. The molecule has 0 aliphatic heterocycles. The molecule has 3 heterocycles. The van der Waals surface area contributed by atoms with Crippen molar-refractivity contribution in [1.29, 1.82) is 0 Å². The first-order valence-corrected chi connectivity index (χ1v) is 22.0. The van der Waals surface area contributed by atoms with Crippen molar-refractivity contribution in [1.82, 2.24) is 35.5 Å². The number of aliphatic hydroxyl groups is 1. The van der Waals surface area contributed by atoms with Crippen LogP contribution < -0.4 is 21.3 Å². The third kappa shape index (κ3) is 12.2. The zero-order valence-electron chi connectivity index (χ0n) is 35.2. The van der Waals surface area contributed by atoms with Gasteiger partial charge < -0.3 is 35.8 Å². The fourth-order valence-corrected chi connectivity index (χ4v) is 9.11. The SMILES string of the molecule is CCCc1cc(N[C@@H]2CC[C@@H](NC(=O)CCOCCOCCN[C@H](C(=O)C3C[C@H](O)C[C@H]3C(=O)NCc3ccc(-c4scnc4C)cc3)C(C)(C)C)C2)n2nccc2n1. The molecule has 59 heavy (non-hydrogen) atoms. The van der Waals surface area contributed by atoms with Crippen molar-refractivity contribution in [3.8, 4) is 10.4 Å². The summed E-state index contributed by atoms with van der Waals surface area (Å²) >= 11 is 1.60. The maximum absolute atomic E-state index is 14.0. The fraction of sp³-hybridized carbons (Fsp3) is 0.591. The molecule has 14 nitrogen and oxygen atoms in total. The molecule has 2 aliphatic rings. The quantitative estimate of drug-likeness (QED) is 0.0692. The molecule has 0 bridgehead atoms. The highest BCUT2D eigenvalue weighted by atomic mass is 32.1. The van der Waals surface area contributed by atoms with Gasteiger partial charge in [0.25, 0.3) is 0 Å². The minimum Gasteiger partial charge on any atom is -0.393 e. The second-order valence-corrected chi connectivity index (χ2v) is 17.9. The first kappa shape index (κ1) is 44.3. The summed E-state index contributed by atoms with van der Waals surface area (Å²) in [6.45, 7) is 12.3. The Labute approximate surface area is 351 Å². The van der Waals surface area contributed by atoms with Gasteiger partial charge in [-0.15, -0.1) is 11.3 Å². The predicted octanol–water partition coefficient (Wildman–Crippen LogP) is 5.26. The Bertz CT molecular complexity index is 1990. The van der Waals surface area contributed by atoms with Crippen molar-refractivity contribution < 1.29 is 29.0 Å². The summed E-state index contributed by atoms with van der Waals surface area (Å²) in [4.78, 5) is 50.2. The molecule has 1 unspecified atom stereocenters. The van der Waals surface area contributed by atoms with Crippen molar-refractivity contribution in [3.05, 3.63) is 65.1 Å². The smallest absolute Gasteiger partial charge is 0.224 e. The van der Waals surface area contributed by atoms with Crippen molar-refractivity contribution in [3.63, 3.8) is 0 Å². The van der Waals surface area contributed by atoms with Crippen LogP contribution in [0.2, 0.25) is 0 Å². The number of aliphatic hydroxyl groups excluding tert-OH is 1. The molecule has 15 heteroatoms. The summed E-state index contributed by atoms with van der Waals surface area (Å²) in [7, 11) is 0. The Morgan fingerprint density at radius 2 is 1.73 bits per heavy atom. The second kappa shape index (κ2) is 20.8. The Kier molecular flexibility index (Phi) is 15.6. The topological polar surface area (TPSA) is 181 Å². The number of hydrogen-bond acceptors (Lipinski definition) is 12. The Morgan fingerprint density at radius 1 is 0.983 bits per heavy atom. The van der Waals surface area contributed by atoms with Crippen LogP contribution in [0.1, 0.15) is 89.6 Å². The number of fused-ring (bicyclic) bond motifs is 1. The average Bonchev–Trinajstić information content (AvgIpc) is 4.03. The van der Waals surface area contributed by atoms with Gasteiger partial charge in [-0.1, -0.05) is 58.4 Å². The lowest BCUT2D eigenvalue weighted by molar-refractivity contribution is -0.135. The van der Waals surface area contributed by atoms with Crippen LogP contribution >= 0.6 is 11.3 Å². The van der Waals surface area contributed by atoms with E-state index >= 15 is 0 Å². The number of amides is 2. The molecule has 320 valence electrons. The van der Waals surface area contributed by atoms with Gasteiger partial charge >= 0.3 is 0 Å². The van der Waals surface area contributed by atoms with Gasteiger partial charge in [0.2, 0.25) is 11.8 Å². The van der Waals surface area contributed by atoms with E-state index in [2.05, 4.69) is 49.3 Å². The Balaban J connectivity index is 0.855. The van der Waals surface area contributed by atoms with Crippen LogP contribution in [0.4, 0.5) is 5.82 Å². The number of anilines is 1. The lowest BCUT2D eigenvalue weighted by Crippen LogP contribution is -2.51. The van der Waals surface area contributed by atoms with Crippen LogP contribution in [-0.4, -0.2) is 99.5 Å². The summed E-state index contributed by atoms with van der Waals surface area (Å²) in [6, 6.07) is 11.9.